The van der Waals surface area contributed by atoms with E-state index >= 15 is 0 Å². The van der Waals surface area contributed by atoms with Crippen molar-refractivity contribution in [3.8, 4) is 5.75 Å². The molecule has 1 rings (SSSR count). The van der Waals surface area contributed by atoms with E-state index in [0.29, 0.717) is 16.9 Å². The van der Waals surface area contributed by atoms with Gasteiger partial charge in [0.15, 0.2) is 0 Å². The molecule has 21 heavy (non-hydrogen) atoms. The molecule has 0 saturated heterocycles. The molecule has 3 nitrogen and oxygen atoms in total. The first-order chi connectivity index (χ1) is 10.1. The van der Waals surface area contributed by atoms with Gasteiger partial charge in [-0.3, -0.25) is 0 Å². The minimum atomic E-state index is -0.421. The number of aryl methyl sites for hydroxylation is 1. The SMILES string of the molecule is C=CCCCCCCCCCc1oc(=O)c(C)c(O)c1C. The maximum Gasteiger partial charge on any atom is 0.342 e. The summed E-state index contributed by atoms with van der Waals surface area (Å²) in [7, 11) is 0. The van der Waals surface area contributed by atoms with E-state index in [2.05, 4.69) is 6.58 Å². The Morgan fingerprint density at radius 1 is 1.00 bits per heavy atom. The molecule has 3 heteroatoms. The summed E-state index contributed by atoms with van der Waals surface area (Å²) < 4.78 is 5.27. The van der Waals surface area contributed by atoms with E-state index in [1.54, 1.807) is 13.8 Å². The van der Waals surface area contributed by atoms with Gasteiger partial charge in [-0.25, -0.2) is 4.79 Å². The second-order valence-electron chi connectivity index (χ2n) is 5.71. The lowest BCUT2D eigenvalue weighted by molar-refractivity contribution is 0.404. The summed E-state index contributed by atoms with van der Waals surface area (Å²) in [6.07, 6.45) is 12.3. The summed E-state index contributed by atoms with van der Waals surface area (Å²) in [6.45, 7) is 7.12. The van der Waals surface area contributed by atoms with Crippen molar-refractivity contribution in [2.24, 2.45) is 0 Å². The number of hydrogen-bond donors (Lipinski definition) is 1. The van der Waals surface area contributed by atoms with Gasteiger partial charge in [0.2, 0.25) is 0 Å². The molecule has 0 spiro atoms. The first-order valence-electron chi connectivity index (χ1n) is 8.01. The lowest BCUT2D eigenvalue weighted by atomic mass is 10.0. The molecule has 0 aliphatic rings. The predicted molar refractivity (Wildman–Crippen MR) is 87.0 cm³/mol. The Bertz CT molecular complexity index is 500. The van der Waals surface area contributed by atoms with E-state index in [9.17, 15) is 9.90 Å². The molecular weight excluding hydrogens is 264 g/mol. The third kappa shape index (κ3) is 5.78. The van der Waals surface area contributed by atoms with Crippen LogP contribution in [0.5, 0.6) is 5.75 Å². The highest BCUT2D eigenvalue weighted by Gasteiger charge is 2.12. The zero-order valence-corrected chi connectivity index (χ0v) is 13.4. The van der Waals surface area contributed by atoms with Crippen molar-refractivity contribution in [1.29, 1.82) is 0 Å². The zero-order chi connectivity index (χ0) is 15.7. The Morgan fingerprint density at radius 3 is 2.19 bits per heavy atom. The topological polar surface area (TPSA) is 50.4 Å². The summed E-state index contributed by atoms with van der Waals surface area (Å²) in [6, 6.07) is 0. The number of hydrogen-bond acceptors (Lipinski definition) is 3. The minimum Gasteiger partial charge on any atom is -0.507 e. The van der Waals surface area contributed by atoms with Crippen LogP contribution < -0.4 is 5.63 Å². The van der Waals surface area contributed by atoms with Crippen molar-refractivity contribution in [3.63, 3.8) is 0 Å². The second-order valence-corrected chi connectivity index (χ2v) is 5.71. The molecule has 0 aliphatic carbocycles. The van der Waals surface area contributed by atoms with Crippen LogP contribution in [0.4, 0.5) is 0 Å². The fraction of sp³-hybridized carbons (Fsp3) is 0.611. The van der Waals surface area contributed by atoms with Crippen LogP contribution in [0, 0.1) is 13.8 Å². The van der Waals surface area contributed by atoms with Crippen molar-refractivity contribution in [2.45, 2.75) is 71.6 Å². The molecule has 0 radical (unpaired) electrons. The van der Waals surface area contributed by atoms with E-state index in [0.717, 1.165) is 25.7 Å². The maximum atomic E-state index is 11.5. The average Bonchev–Trinajstić information content (AvgIpc) is 2.48. The summed E-state index contributed by atoms with van der Waals surface area (Å²) in [4.78, 5) is 11.5. The molecule has 0 unspecified atom stereocenters. The molecule has 0 amide bonds. The highest BCUT2D eigenvalue weighted by molar-refractivity contribution is 5.38. The van der Waals surface area contributed by atoms with Crippen LogP contribution >= 0.6 is 0 Å². The van der Waals surface area contributed by atoms with Gasteiger partial charge in [0.1, 0.15) is 11.5 Å². The van der Waals surface area contributed by atoms with Gasteiger partial charge in [0, 0.05) is 12.0 Å². The molecule has 1 aromatic heterocycles. The Hall–Kier alpha value is -1.51. The van der Waals surface area contributed by atoms with Gasteiger partial charge in [-0.1, -0.05) is 38.2 Å². The van der Waals surface area contributed by atoms with Crippen LogP contribution in [0.15, 0.2) is 21.9 Å². The van der Waals surface area contributed by atoms with Crippen LogP contribution in [0.3, 0.4) is 0 Å². The fourth-order valence-corrected chi connectivity index (χ4v) is 2.47. The molecular formula is C18H28O3. The second kappa shape index (κ2) is 9.43. The largest absolute Gasteiger partial charge is 0.507 e. The predicted octanol–water partition coefficient (Wildman–Crippen LogP) is 4.81. The standard InChI is InChI=1S/C18H28O3/c1-4-5-6-7-8-9-10-11-12-13-16-14(2)17(19)15(3)18(20)21-16/h4,19H,1,5-13H2,2-3H3. The molecule has 0 aromatic carbocycles. The van der Waals surface area contributed by atoms with Crippen LogP contribution in [0.1, 0.15) is 68.3 Å². The fourth-order valence-electron chi connectivity index (χ4n) is 2.47. The number of allylic oxidation sites excluding steroid dienone is 1. The van der Waals surface area contributed by atoms with E-state index in [1.807, 2.05) is 6.08 Å². The van der Waals surface area contributed by atoms with Gasteiger partial charge >= 0.3 is 5.63 Å². The summed E-state index contributed by atoms with van der Waals surface area (Å²) in [5, 5.41) is 9.84. The number of aromatic hydroxyl groups is 1. The maximum absolute atomic E-state index is 11.5. The summed E-state index contributed by atoms with van der Waals surface area (Å²) in [5.74, 6) is 0.720. The van der Waals surface area contributed by atoms with Gasteiger partial charge < -0.3 is 9.52 Å². The molecule has 0 saturated carbocycles. The van der Waals surface area contributed by atoms with Crippen molar-refractivity contribution in [2.75, 3.05) is 0 Å². The van der Waals surface area contributed by atoms with E-state index in [-0.39, 0.29) is 5.75 Å². The lowest BCUT2D eigenvalue weighted by Crippen LogP contribution is -2.07. The molecule has 0 atom stereocenters. The quantitative estimate of drug-likeness (QED) is 0.497. The Morgan fingerprint density at radius 2 is 1.57 bits per heavy atom. The van der Waals surface area contributed by atoms with Crippen LogP contribution in [-0.2, 0) is 6.42 Å². The number of unbranched alkanes of at least 4 members (excludes halogenated alkanes) is 7. The van der Waals surface area contributed by atoms with Crippen LogP contribution in [-0.4, -0.2) is 5.11 Å². The Kier molecular flexibility index (Phi) is 7.88. The smallest absolute Gasteiger partial charge is 0.342 e. The molecule has 118 valence electrons. The monoisotopic (exact) mass is 292 g/mol. The summed E-state index contributed by atoms with van der Waals surface area (Å²) in [5.41, 5.74) is 0.586. The Labute approximate surface area is 127 Å². The molecule has 0 fully saturated rings. The summed E-state index contributed by atoms with van der Waals surface area (Å²) >= 11 is 0. The molecule has 0 bridgehead atoms. The van der Waals surface area contributed by atoms with E-state index in [1.165, 1.54) is 32.1 Å². The lowest BCUT2D eigenvalue weighted by Gasteiger charge is -2.07. The van der Waals surface area contributed by atoms with Crippen molar-refractivity contribution < 1.29 is 9.52 Å². The van der Waals surface area contributed by atoms with Gasteiger partial charge in [0.25, 0.3) is 0 Å². The van der Waals surface area contributed by atoms with Gasteiger partial charge in [-0.05, 0) is 33.1 Å². The number of rotatable bonds is 10. The highest BCUT2D eigenvalue weighted by Crippen LogP contribution is 2.23. The van der Waals surface area contributed by atoms with E-state index < -0.39 is 5.63 Å². The highest BCUT2D eigenvalue weighted by atomic mass is 16.4. The van der Waals surface area contributed by atoms with E-state index in [4.69, 9.17) is 4.42 Å². The zero-order valence-electron chi connectivity index (χ0n) is 13.4. The van der Waals surface area contributed by atoms with Gasteiger partial charge in [0.05, 0.1) is 5.56 Å². The first-order valence-corrected chi connectivity index (χ1v) is 8.01. The third-order valence-electron chi connectivity index (χ3n) is 3.96. The first kappa shape index (κ1) is 17.5. The Balaban J connectivity index is 2.25. The average molecular weight is 292 g/mol. The molecule has 1 heterocycles. The van der Waals surface area contributed by atoms with Crippen molar-refractivity contribution in [1.82, 2.24) is 0 Å². The van der Waals surface area contributed by atoms with Crippen molar-refractivity contribution >= 4 is 0 Å². The van der Waals surface area contributed by atoms with Crippen LogP contribution in [0.2, 0.25) is 0 Å². The third-order valence-corrected chi connectivity index (χ3v) is 3.96. The van der Waals surface area contributed by atoms with Crippen LogP contribution in [0.25, 0.3) is 0 Å². The minimum absolute atomic E-state index is 0.0865. The normalized spacial score (nSPS) is 10.8. The van der Waals surface area contributed by atoms with Gasteiger partial charge in [-0.15, -0.1) is 6.58 Å². The molecule has 0 aliphatic heterocycles. The molecule has 1 N–H and O–H groups in total. The molecule has 1 aromatic rings. The van der Waals surface area contributed by atoms with Crippen molar-refractivity contribution in [3.05, 3.63) is 40.0 Å². The van der Waals surface area contributed by atoms with Gasteiger partial charge in [-0.2, -0.15) is 0 Å².